The third kappa shape index (κ3) is 2.80. The van der Waals surface area contributed by atoms with Gasteiger partial charge in [0.2, 0.25) is 5.91 Å². The summed E-state index contributed by atoms with van der Waals surface area (Å²) >= 11 is 0. The van der Waals surface area contributed by atoms with Crippen LogP contribution in [-0.4, -0.2) is 31.1 Å². The number of ether oxygens (including phenoxy) is 1. The monoisotopic (exact) mass is 251 g/mol. The summed E-state index contributed by atoms with van der Waals surface area (Å²) in [4.78, 5) is 22.8. The number of hydrogen-bond acceptors (Lipinski definition) is 3. The number of nitrogens with one attached hydrogen (secondary N) is 1. The van der Waals surface area contributed by atoms with Crippen LogP contribution in [-0.2, 0) is 15.0 Å². The van der Waals surface area contributed by atoms with Crippen molar-refractivity contribution in [3.05, 3.63) is 29.8 Å². The highest BCUT2D eigenvalue weighted by Gasteiger charge is 2.37. The Hall–Kier alpha value is -2.04. The molecule has 0 aromatic heterocycles. The van der Waals surface area contributed by atoms with E-state index in [-0.39, 0.29) is 12.3 Å². The van der Waals surface area contributed by atoms with Crippen LogP contribution >= 0.6 is 0 Å². The molecule has 98 valence electrons. The van der Waals surface area contributed by atoms with Crippen molar-refractivity contribution in [1.29, 1.82) is 0 Å². The van der Waals surface area contributed by atoms with Crippen LogP contribution in [0, 0.1) is 0 Å². The maximum atomic E-state index is 11.4. The van der Waals surface area contributed by atoms with Crippen molar-refractivity contribution < 1.29 is 19.4 Å². The summed E-state index contributed by atoms with van der Waals surface area (Å²) < 4.78 is 5.02. The molecule has 0 saturated carbocycles. The Kier molecular flexibility index (Phi) is 4.31. The van der Waals surface area contributed by atoms with E-state index >= 15 is 0 Å². The molecule has 0 radical (unpaired) electrons. The van der Waals surface area contributed by atoms with Crippen LogP contribution in [0.4, 0.5) is 0 Å². The first-order valence-electron chi connectivity index (χ1n) is 5.52. The molecule has 0 unspecified atom stereocenters. The molecule has 0 aliphatic rings. The minimum Gasteiger partial charge on any atom is -0.497 e. The number of carboxylic acid groups (broad SMARTS) is 1. The molecule has 0 fully saturated rings. The van der Waals surface area contributed by atoms with E-state index < -0.39 is 11.4 Å². The van der Waals surface area contributed by atoms with E-state index in [1.165, 1.54) is 21.1 Å². The lowest BCUT2D eigenvalue weighted by Crippen LogP contribution is -2.37. The number of carbonyl (C=O) groups excluding carboxylic acids is 1. The first-order valence-corrected chi connectivity index (χ1v) is 5.52. The van der Waals surface area contributed by atoms with Crippen molar-refractivity contribution in [3.63, 3.8) is 0 Å². The predicted octanol–water partition coefficient (Wildman–Crippen LogP) is 1.17. The highest BCUT2D eigenvalue weighted by molar-refractivity contribution is 5.89. The van der Waals surface area contributed by atoms with E-state index in [0.717, 1.165) is 0 Å². The molecule has 18 heavy (non-hydrogen) atoms. The molecule has 5 heteroatoms. The third-order valence-electron chi connectivity index (χ3n) is 2.99. The molecule has 0 heterocycles. The van der Waals surface area contributed by atoms with Crippen LogP contribution in [0.1, 0.15) is 18.9 Å². The lowest BCUT2D eigenvalue weighted by molar-refractivity contribution is -0.145. The number of benzene rings is 1. The fraction of sp³-hybridized carbons (Fsp3) is 0.385. The smallest absolute Gasteiger partial charge is 0.314 e. The third-order valence-corrected chi connectivity index (χ3v) is 2.99. The van der Waals surface area contributed by atoms with Gasteiger partial charge in [0.25, 0.3) is 0 Å². The SMILES string of the molecule is CNC(=O)C[C@@](C)(C(=O)O)c1ccc(OC)cc1. The molecule has 0 bridgehead atoms. The first kappa shape index (κ1) is 14.0. The van der Waals surface area contributed by atoms with Gasteiger partial charge in [0.05, 0.1) is 12.5 Å². The lowest BCUT2D eigenvalue weighted by atomic mass is 9.79. The predicted molar refractivity (Wildman–Crippen MR) is 66.7 cm³/mol. The molecule has 5 nitrogen and oxygen atoms in total. The highest BCUT2D eigenvalue weighted by atomic mass is 16.5. The van der Waals surface area contributed by atoms with Gasteiger partial charge in [-0.25, -0.2) is 0 Å². The number of amides is 1. The lowest BCUT2D eigenvalue weighted by Gasteiger charge is -2.24. The van der Waals surface area contributed by atoms with E-state index in [1.807, 2.05) is 0 Å². The molecule has 1 aromatic rings. The van der Waals surface area contributed by atoms with Crippen LogP contribution in [0.25, 0.3) is 0 Å². The minimum absolute atomic E-state index is 0.106. The van der Waals surface area contributed by atoms with Crippen molar-refractivity contribution in [3.8, 4) is 5.75 Å². The van der Waals surface area contributed by atoms with Gasteiger partial charge in [-0.15, -0.1) is 0 Å². The summed E-state index contributed by atoms with van der Waals surface area (Å²) in [6.07, 6.45) is -0.106. The van der Waals surface area contributed by atoms with Gasteiger partial charge in [-0.1, -0.05) is 12.1 Å². The van der Waals surface area contributed by atoms with Crippen LogP contribution in [0.5, 0.6) is 5.75 Å². The fourth-order valence-corrected chi connectivity index (χ4v) is 1.67. The van der Waals surface area contributed by atoms with Gasteiger partial charge in [0, 0.05) is 13.5 Å². The maximum Gasteiger partial charge on any atom is 0.314 e. The molecule has 0 spiro atoms. The van der Waals surface area contributed by atoms with Gasteiger partial charge in [0.15, 0.2) is 0 Å². The zero-order chi connectivity index (χ0) is 13.8. The van der Waals surface area contributed by atoms with Crippen molar-refractivity contribution in [2.24, 2.45) is 0 Å². The zero-order valence-electron chi connectivity index (χ0n) is 10.7. The molecular weight excluding hydrogens is 234 g/mol. The Morgan fingerprint density at radius 1 is 1.33 bits per heavy atom. The number of rotatable bonds is 5. The standard InChI is InChI=1S/C13H17NO4/c1-13(12(16)17,8-11(15)14-2)9-4-6-10(18-3)7-5-9/h4-7H,8H2,1-3H3,(H,14,15)(H,16,17)/t13-/m1/s1. The minimum atomic E-state index is -1.24. The number of hydrogen-bond donors (Lipinski definition) is 2. The average Bonchev–Trinajstić information content (AvgIpc) is 2.38. The molecule has 0 aliphatic heterocycles. The van der Waals surface area contributed by atoms with E-state index in [0.29, 0.717) is 11.3 Å². The van der Waals surface area contributed by atoms with E-state index in [1.54, 1.807) is 24.3 Å². The Labute approximate surface area is 106 Å². The number of aliphatic carboxylic acids is 1. The van der Waals surface area contributed by atoms with Gasteiger partial charge in [-0.05, 0) is 24.6 Å². The number of carboxylic acids is 1. The van der Waals surface area contributed by atoms with E-state index in [2.05, 4.69) is 5.32 Å². The van der Waals surface area contributed by atoms with Crippen molar-refractivity contribution in [2.45, 2.75) is 18.8 Å². The Morgan fingerprint density at radius 2 is 1.89 bits per heavy atom. The van der Waals surface area contributed by atoms with Crippen LogP contribution in [0.3, 0.4) is 0 Å². The molecule has 1 rings (SSSR count). The van der Waals surface area contributed by atoms with E-state index in [4.69, 9.17) is 4.74 Å². The second-order valence-electron chi connectivity index (χ2n) is 4.22. The van der Waals surface area contributed by atoms with Crippen LogP contribution in [0.15, 0.2) is 24.3 Å². The normalized spacial score (nSPS) is 13.5. The zero-order valence-corrected chi connectivity index (χ0v) is 10.7. The van der Waals surface area contributed by atoms with Crippen LogP contribution < -0.4 is 10.1 Å². The molecule has 1 atom stereocenters. The summed E-state index contributed by atoms with van der Waals surface area (Å²) in [5.41, 5.74) is -0.675. The van der Waals surface area contributed by atoms with Gasteiger partial charge < -0.3 is 15.2 Å². The molecular formula is C13H17NO4. The van der Waals surface area contributed by atoms with Crippen LogP contribution in [0.2, 0.25) is 0 Å². The van der Waals surface area contributed by atoms with E-state index in [9.17, 15) is 14.7 Å². The molecule has 0 aliphatic carbocycles. The Bertz CT molecular complexity index is 441. The average molecular weight is 251 g/mol. The number of carbonyl (C=O) groups is 2. The molecule has 1 aromatic carbocycles. The summed E-state index contributed by atoms with van der Waals surface area (Å²) in [5.74, 6) is -0.696. The summed E-state index contributed by atoms with van der Waals surface area (Å²) in [7, 11) is 3.02. The first-order chi connectivity index (χ1) is 8.43. The van der Waals surface area contributed by atoms with Gasteiger partial charge in [-0.2, -0.15) is 0 Å². The Balaban J connectivity index is 3.10. The second-order valence-corrected chi connectivity index (χ2v) is 4.22. The molecule has 1 amide bonds. The summed E-state index contributed by atoms with van der Waals surface area (Å²) in [6.45, 7) is 1.53. The molecule has 2 N–H and O–H groups in total. The topological polar surface area (TPSA) is 75.6 Å². The van der Waals surface area contributed by atoms with Gasteiger partial charge in [0.1, 0.15) is 5.75 Å². The van der Waals surface area contributed by atoms with Crippen molar-refractivity contribution in [2.75, 3.05) is 14.2 Å². The fourth-order valence-electron chi connectivity index (χ4n) is 1.67. The Morgan fingerprint density at radius 3 is 2.28 bits per heavy atom. The van der Waals surface area contributed by atoms with Crippen molar-refractivity contribution >= 4 is 11.9 Å². The quantitative estimate of drug-likeness (QED) is 0.823. The highest BCUT2D eigenvalue weighted by Crippen LogP contribution is 2.29. The molecule has 0 saturated heterocycles. The second kappa shape index (κ2) is 5.53. The maximum absolute atomic E-state index is 11.4. The largest absolute Gasteiger partial charge is 0.497 e. The number of methoxy groups -OCH3 is 1. The van der Waals surface area contributed by atoms with Gasteiger partial charge >= 0.3 is 5.97 Å². The summed E-state index contributed by atoms with van der Waals surface area (Å²) in [5, 5.41) is 11.8. The summed E-state index contributed by atoms with van der Waals surface area (Å²) in [6, 6.07) is 6.69. The van der Waals surface area contributed by atoms with Crippen molar-refractivity contribution in [1.82, 2.24) is 5.32 Å². The van der Waals surface area contributed by atoms with Gasteiger partial charge in [-0.3, -0.25) is 9.59 Å².